The molecule has 5 heteroatoms. The molecule has 0 aromatic heterocycles. The molecule has 0 spiro atoms. The number of anilines is 1. The van der Waals surface area contributed by atoms with Crippen molar-refractivity contribution in [1.82, 2.24) is 5.32 Å². The van der Waals surface area contributed by atoms with Gasteiger partial charge in [-0.3, -0.25) is 9.59 Å². The van der Waals surface area contributed by atoms with Crippen LogP contribution in [-0.2, 0) is 9.59 Å². The Hall–Kier alpha value is -1.36. The fraction of sp³-hybridized carbons (Fsp3) is 0.529. The van der Waals surface area contributed by atoms with E-state index in [-0.39, 0.29) is 5.41 Å². The molecule has 0 fully saturated rings. The van der Waals surface area contributed by atoms with Crippen molar-refractivity contribution < 1.29 is 9.59 Å². The lowest BCUT2D eigenvalue weighted by molar-refractivity contribution is -0.137. The summed E-state index contributed by atoms with van der Waals surface area (Å²) in [6, 6.07) is 5.48. The average molecular weight is 369 g/mol. The molecule has 0 saturated carbocycles. The van der Waals surface area contributed by atoms with Gasteiger partial charge in [-0.25, -0.2) is 0 Å². The van der Waals surface area contributed by atoms with Gasteiger partial charge in [-0.1, -0.05) is 36.7 Å². The lowest BCUT2D eigenvalue weighted by Crippen LogP contribution is -2.49. The maximum atomic E-state index is 12.1. The Morgan fingerprint density at radius 2 is 1.68 bits per heavy atom. The Kier molecular flexibility index (Phi) is 5.79. The minimum atomic E-state index is -0.646. The molecule has 0 radical (unpaired) electrons. The number of hydrogen-bond donors (Lipinski definition) is 2. The molecular weight excluding hydrogens is 344 g/mol. The van der Waals surface area contributed by atoms with Crippen LogP contribution in [0.2, 0.25) is 0 Å². The topological polar surface area (TPSA) is 58.2 Å². The van der Waals surface area contributed by atoms with Gasteiger partial charge in [-0.2, -0.15) is 0 Å². The Morgan fingerprint density at radius 1 is 1.09 bits per heavy atom. The van der Waals surface area contributed by atoms with Crippen molar-refractivity contribution >= 4 is 33.4 Å². The summed E-state index contributed by atoms with van der Waals surface area (Å²) in [6.45, 7) is 12.0. The zero-order chi connectivity index (χ0) is 17.1. The number of carbonyl (C=O) groups is 2. The molecule has 122 valence electrons. The molecule has 4 nitrogen and oxygen atoms in total. The summed E-state index contributed by atoms with van der Waals surface area (Å²) in [6.07, 6.45) is 0.774. The van der Waals surface area contributed by atoms with Crippen LogP contribution in [0.5, 0.6) is 0 Å². The predicted molar refractivity (Wildman–Crippen MR) is 93.8 cm³/mol. The third kappa shape index (κ3) is 6.18. The SMILES string of the molecule is Cc1cc(Br)ccc1NC(=O)C(=O)NC(C)(C)CC(C)(C)C. The van der Waals surface area contributed by atoms with Gasteiger partial charge in [0.1, 0.15) is 0 Å². The number of halogens is 1. The predicted octanol–water partition coefficient (Wildman–Crippen LogP) is 4.03. The van der Waals surface area contributed by atoms with Gasteiger partial charge >= 0.3 is 11.8 Å². The van der Waals surface area contributed by atoms with E-state index in [0.717, 1.165) is 16.5 Å². The number of amides is 2. The lowest BCUT2D eigenvalue weighted by Gasteiger charge is -2.33. The number of hydrogen-bond acceptors (Lipinski definition) is 2. The second kappa shape index (κ2) is 6.82. The Morgan fingerprint density at radius 3 is 2.18 bits per heavy atom. The minimum absolute atomic E-state index is 0.0650. The van der Waals surface area contributed by atoms with Crippen molar-refractivity contribution in [1.29, 1.82) is 0 Å². The van der Waals surface area contributed by atoms with Crippen LogP contribution >= 0.6 is 15.9 Å². The first-order valence-corrected chi connectivity index (χ1v) is 8.09. The highest BCUT2D eigenvalue weighted by Crippen LogP contribution is 2.26. The highest BCUT2D eigenvalue weighted by Gasteiger charge is 2.29. The number of carbonyl (C=O) groups excluding carboxylic acids is 2. The van der Waals surface area contributed by atoms with E-state index in [2.05, 4.69) is 47.3 Å². The molecule has 0 aliphatic carbocycles. The molecule has 0 unspecified atom stereocenters. The first kappa shape index (κ1) is 18.7. The van der Waals surface area contributed by atoms with Gasteiger partial charge in [0.25, 0.3) is 0 Å². The van der Waals surface area contributed by atoms with Crippen LogP contribution in [0.3, 0.4) is 0 Å². The largest absolute Gasteiger partial charge is 0.343 e. The van der Waals surface area contributed by atoms with Crippen LogP contribution in [0.15, 0.2) is 22.7 Å². The van der Waals surface area contributed by atoms with Crippen molar-refractivity contribution in [3.63, 3.8) is 0 Å². The van der Waals surface area contributed by atoms with E-state index in [1.54, 1.807) is 6.07 Å². The monoisotopic (exact) mass is 368 g/mol. The normalized spacial score (nSPS) is 12.0. The molecule has 1 aromatic carbocycles. The summed E-state index contributed by atoms with van der Waals surface area (Å²) in [7, 11) is 0. The second-order valence-electron chi connectivity index (χ2n) is 7.49. The van der Waals surface area contributed by atoms with Crippen LogP contribution in [0, 0.1) is 12.3 Å². The van der Waals surface area contributed by atoms with E-state index in [4.69, 9.17) is 0 Å². The zero-order valence-corrected chi connectivity index (χ0v) is 15.7. The number of aryl methyl sites for hydroxylation is 1. The van der Waals surface area contributed by atoms with Crippen molar-refractivity contribution in [3.8, 4) is 0 Å². The van der Waals surface area contributed by atoms with Crippen molar-refractivity contribution in [2.24, 2.45) is 5.41 Å². The van der Waals surface area contributed by atoms with Crippen molar-refractivity contribution in [2.45, 2.75) is 53.5 Å². The van der Waals surface area contributed by atoms with Gasteiger partial charge in [-0.05, 0) is 56.4 Å². The summed E-state index contributed by atoms with van der Waals surface area (Å²) in [5, 5.41) is 5.45. The fourth-order valence-corrected chi connectivity index (χ4v) is 3.16. The molecule has 0 bridgehead atoms. The molecule has 22 heavy (non-hydrogen) atoms. The van der Waals surface area contributed by atoms with Crippen LogP contribution in [0.1, 0.15) is 46.6 Å². The third-order valence-corrected chi connectivity index (χ3v) is 3.56. The number of benzene rings is 1. The third-order valence-electron chi connectivity index (χ3n) is 3.07. The van der Waals surface area contributed by atoms with Crippen LogP contribution in [0.4, 0.5) is 5.69 Å². The standard InChI is InChI=1S/C17H25BrN2O2/c1-11-9-12(18)7-8-13(11)19-14(21)15(22)20-17(5,6)10-16(2,3)4/h7-9H,10H2,1-6H3,(H,19,21)(H,20,22). The summed E-state index contributed by atoms with van der Waals surface area (Å²) in [5.41, 5.74) is 1.15. The molecular formula is C17H25BrN2O2. The van der Waals surface area contributed by atoms with Crippen molar-refractivity contribution in [3.05, 3.63) is 28.2 Å². The van der Waals surface area contributed by atoms with E-state index in [9.17, 15) is 9.59 Å². The zero-order valence-electron chi connectivity index (χ0n) is 14.1. The first-order valence-electron chi connectivity index (χ1n) is 7.29. The molecule has 1 rings (SSSR count). The fourth-order valence-electron chi connectivity index (χ4n) is 2.68. The lowest BCUT2D eigenvalue weighted by atomic mass is 9.82. The second-order valence-corrected chi connectivity index (χ2v) is 8.40. The summed E-state index contributed by atoms with van der Waals surface area (Å²) in [4.78, 5) is 24.2. The summed E-state index contributed by atoms with van der Waals surface area (Å²) >= 11 is 3.37. The van der Waals surface area contributed by atoms with E-state index < -0.39 is 17.4 Å². The Balaban J connectivity index is 2.71. The highest BCUT2D eigenvalue weighted by molar-refractivity contribution is 9.10. The average Bonchev–Trinajstić information content (AvgIpc) is 2.28. The molecule has 0 heterocycles. The summed E-state index contributed by atoms with van der Waals surface area (Å²) in [5.74, 6) is -1.26. The Labute approximate surface area is 141 Å². The van der Waals surface area contributed by atoms with Crippen LogP contribution < -0.4 is 10.6 Å². The quantitative estimate of drug-likeness (QED) is 0.791. The van der Waals surface area contributed by atoms with Gasteiger partial charge in [-0.15, -0.1) is 0 Å². The molecule has 2 N–H and O–H groups in total. The molecule has 1 aromatic rings. The van der Waals surface area contributed by atoms with Gasteiger partial charge in [0.15, 0.2) is 0 Å². The molecule has 2 amide bonds. The number of rotatable bonds is 3. The van der Waals surface area contributed by atoms with Crippen LogP contribution in [0.25, 0.3) is 0 Å². The maximum Gasteiger partial charge on any atom is 0.313 e. The van der Waals surface area contributed by atoms with E-state index >= 15 is 0 Å². The summed E-state index contributed by atoms with van der Waals surface area (Å²) < 4.78 is 0.929. The van der Waals surface area contributed by atoms with Gasteiger partial charge in [0.05, 0.1) is 0 Å². The van der Waals surface area contributed by atoms with Gasteiger partial charge < -0.3 is 10.6 Å². The van der Waals surface area contributed by atoms with Crippen LogP contribution in [-0.4, -0.2) is 17.4 Å². The smallest absolute Gasteiger partial charge is 0.313 e. The maximum absolute atomic E-state index is 12.1. The van der Waals surface area contributed by atoms with Crippen molar-refractivity contribution in [2.75, 3.05) is 5.32 Å². The van der Waals surface area contributed by atoms with E-state index in [1.165, 1.54) is 0 Å². The first-order chi connectivity index (χ1) is 9.89. The molecule has 0 saturated heterocycles. The molecule has 0 aliphatic heterocycles. The van der Waals surface area contributed by atoms with E-state index in [1.807, 2.05) is 32.9 Å². The molecule has 0 aliphatic rings. The number of nitrogens with one attached hydrogen (secondary N) is 2. The molecule has 0 atom stereocenters. The minimum Gasteiger partial charge on any atom is -0.343 e. The highest BCUT2D eigenvalue weighted by atomic mass is 79.9. The van der Waals surface area contributed by atoms with E-state index in [0.29, 0.717) is 5.69 Å². The van der Waals surface area contributed by atoms with Gasteiger partial charge in [0.2, 0.25) is 0 Å². The Bertz CT molecular complexity index is 575. The van der Waals surface area contributed by atoms with Gasteiger partial charge in [0, 0.05) is 15.7 Å².